The summed E-state index contributed by atoms with van der Waals surface area (Å²) in [5.74, 6) is 1.03. The zero-order valence-corrected chi connectivity index (χ0v) is 14.6. The van der Waals surface area contributed by atoms with Gasteiger partial charge in [-0.2, -0.15) is 4.99 Å². The summed E-state index contributed by atoms with van der Waals surface area (Å²) in [6, 6.07) is 17.2. The lowest BCUT2D eigenvalue weighted by molar-refractivity contribution is -0.120. The summed E-state index contributed by atoms with van der Waals surface area (Å²) in [5, 5.41) is 1.88. The summed E-state index contributed by atoms with van der Waals surface area (Å²) in [6.07, 6.45) is 1.85. The zero-order valence-electron chi connectivity index (χ0n) is 13.8. The summed E-state index contributed by atoms with van der Waals surface area (Å²) in [5.41, 5.74) is 1.11. The number of hydrogen-bond acceptors (Lipinski definition) is 4. The third kappa shape index (κ3) is 5.06. The maximum Gasteiger partial charge on any atom is 0.286 e. The van der Waals surface area contributed by atoms with Gasteiger partial charge in [-0.25, -0.2) is 0 Å². The second kappa shape index (κ2) is 8.30. The monoisotopic (exact) mass is 354 g/mol. The van der Waals surface area contributed by atoms with Crippen molar-refractivity contribution in [1.82, 2.24) is 4.57 Å². The van der Waals surface area contributed by atoms with Crippen molar-refractivity contribution in [3.8, 4) is 11.5 Å². The highest BCUT2D eigenvalue weighted by molar-refractivity contribution is 7.07. The van der Waals surface area contributed by atoms with E-state index in [-0.39, 0.29) is 12.5 Å². The number of amides is 1. The van der Waals surface area contributed by atoms with Crippen molar-refractivity contribution < 1.29 is 14.3 Å². The molecule has 0 aliphatic carbocycles. The fraction of sp³-hybridized carbons (Fsp3) is 0.158. The van der Waals surface area contributed by atoms with Crippen molar-refractivity contribution in [2.24, 2.45) is 12.0 Å². The molecule has 2 aromatic carbocycles. The van der Waals surface area contributed by atoms with Crippen LogP contribution in [0.4, 0.5) is 0 Å². The second-order valence-electron chi connectivity index (χ2n) is 5.34. The molecule has 0 fully saturated rings. The first-order chi connectivity index (χ1) is 12.2. The molecule has 1 amide bonds. The fourth-order valence-corrected chi connectivity index (χ4v) is 2.84. The SMILES string of the molecule is Cn1ccsc1=NC(=O)COc1ccc(OCc2ccccc2)cc1. The van der Waals surface area contributed by atoms with Crippen LogP contribution in [0.25, 0.3) is 0 Å². The summed E-state index contributed by atoms with van der Waals surface area (Å²) in [6.45, 7) is 0.415. The minimum atomic E-state index is -0.317. The normalized spacial score (nSPS) is 11.3. The molecule has 1 aromatic heterocycles. The van der Waals surface area contributed by atoms with Crippen LogP contribution in [-0.2, 0) is 18.4 Å². The van der Waals surface area contributed by atoms with Gasteiger partial charge >= 0.3 is 0 Å². The lowest BCUT2D eigenvalue weighted by atomic mass is 10.2. The molecule has 0 unspecified atom stereocenters. The predicted octanol–water partition coefficient (Wildman–Crippen LogP) is 3.17. The first-order valence-corrected chi connectivity index (χ1v) is 8.66. The Balaban J connectivity index is 1.51. The number of ether oxygens (including phenoxy) is 2. The largest absolute Gasteiger partial charge is 0.489 e. The van der Waals surface area contributed by atoms with Gasteiger partial charge in [0, 0.05) is 18.6 Å². The zero-order chi connectivity index (χ0) is 17.5. The van der Waals surface area contributed by atoms with Crippen LogP contribution >= 0.6 is 11.3 Å². The number of carbonyl (C=O) groups is 1. The number of aromatic nitrogens is 1. The Hall–Kier alpha value is -2.86. The van der Waals surface area contributed by atoms with Crippen molar-refractivity contribution in [3.63, 3.8) is 0 Å². The van der Waals surface area contributed by atoms with E-state index in [4.69, 9.17) is 9.47 Å². The van der Waals surface area contributed by atoms with E-state index in [2.05, 4.69) is 4.99 Å². The average molecular weight is 354 g/mol. The highest BCUT2D eigenvalue weighted by atomic mass is 32.1. The second-order valence-corrected chi connectivity index (χ2v) is 6.21. The summed E-state index contributed by atoms with van der Waals surface area (Å²) in [7, 11) is 1.84. The molecule has 0 radical (unpaired) electrons. The van der Waals surface area contributed by atoms with Crippen LogP contribution in [0, 0.1) is 0 Å². The maximum atomic E-state index is 11.8. The van der Waals surface area contributed by atoms with Gasteiger partial charge in [-0.1, -0.05) is 30.3 Å². The molecule has 0 aliphatic heterocycles. The van der Waals surface area contributed by atoms with Gasteiger partial charge in [0.2, 0.25) is 0 Å². The third-order valence-electron chi connectivity index (χ3n) is 3.41. The van der Waals surface area contributed by atoms with Gasteiger partial charge in [-0.05, 0) is 29.8 Å². The van der Waals surface area contributed by atoms with Crippen LogP contribution in [0.5, 0.6) is 11.5 Å². The molecule has 0 spiro atoms. The summed E-state index contributed by atoms with van der Waals surface area (Å²) < 4.78 is 13.0. The molecule has 25 heavy (non-hydrogen) atoms. The van der Waals surface area contributed by atoms with Crippen LogP contribution in [0.3, 0.4) is 0 Å². The number of aryl methyl sites for hydroxylation is 1. The highest BCUT2D eigenvalue weighted by Gasteiger charge is 2.03. The quantitative estimate of drug-likeness (QED) is 0.683. The molecule has 5 nitrogen and oxygen atoms in total. The van der Waals surface area contributed by atoms with E-state index in [1.807, 2.05) is 61.1 Å². The van der Waals surface area contributed by atoms with Crippen molar-refractivity contribution >= 4 is 17.2 Å². The van der Waals surface area contributed by atoms with Gasteiger partial charge in [0.25, 0.3) is 5.91 Å². The van der Waals surface area contributed by atoms with Gasteiger partial charge in [-0.15, -0.1) is 11.3 Å². The molecule has 0 saturated heterocycles. The fourth-order valence-electron chi connectivity index (χ4n) is 2.09. The molecule has 0 aliphatic rings. The van der Waals surface area contributed by atoms with Crippen molar-refractivity contribution in [1.29, 1.82) is 0 Å². The molecule has 0 atom stereocenters. The van der Waals surface area contributed by atoms with E-state index in [9.17, 15) is 4.79 Å². The van der Waals surface area contributed by atoms with Gasteiger partial charge in [0.15, 0.2) is 11.4 Å². The third-order valence-corrected chi connectivity index (χ3v) is 4.26. The molecule has 6 heteroatoms. The first-order valence-electron chi connectivity index (χ1n) is 7.78. The number of hydrogen-bond donors (Lipinski definition) is 0. The topological polar surface area (TPSA) is 52.8 Å². The van der Waals surface area contributed by atoms with Crippen molar-refractivity contribution in [3.05, 3.63) is 76.5 Å². The number of carbonyl (C=O) groups excluding carboxylic acids is 1. The number of thiazole rings is 1. The Bertz CT molecular complexity index is 883. The minimum Gasteiger partial charge on any atom is -0.489 e. The Morgan fingerprint density at radius 1 is 1.04 bits per heavy atom. The van der Waals surface area contributed by atoms with Crippen molar-refractivity contribution in [2.75, 3.05) is 6.61 Å². The Morgan fingerprint density at radius 3 is 2.36 bits per heavy atom. The standard InChI is InChI=1S/C19H18N2O3S/c1-21-11-12-25-19(21)20-18(22)14-24-17-9-7-16(8-10-17)23-13-15-5-3-2-4-6-15/h2-12H,13-14H2,1H3. The Kier molecular flexibility index (Phi) is 5.64. The van der Waals surface area contributed by atoms with Gasteiger partial charge < -0.3 is 14.0 Å². The van der Waals surface area contributed by atoms with Crippen LogP contribution in [0.15, 0.2) is 71.2 Å². The van der Waals surface area contributed by atoms with E-state index >= 15 is 0 Å². The van der Waals surface area contributed by atoms with Crippen LogP contribution in [0.2, 0.25) is 0 Å². The summed E-state index contributed by atoms with van der Waals surface area (Å²) in [4.78, 5) is 16.5. The molecule has 1 heterocycles. The lowest BCUT2D eigenvalue weighted by Crippen LogP contribution is -2.16. The average Bonchev–Trinajstić information content (AvgIpc) is 3.04. The van der Waals surface area contributed by atoms with E-state index in [0.717, 1.165) is 11.3 Å². The molecule has 3 aromatic rings. The van der Waals surface area contributed by atoms with Gasteiger partial charge in [-0.3, -0.25) is 4.79 Å². The van der Waals surface area contributed by atoms with E-state index in [0.29, 0.717) is 17.2 Å². The van der Waals surface area contributed by atoms with E-state index in [1.165, 1.54) is 11.3 Å². The van der Waals surface area contributed by atoms with Gasteiger partial charge in [0.05, 0.1) is 0 Å². The minimum absolute atomic E-state index is 0.0951. The van der Waals surface area contributed by atoms with Gasteiger partial charge in [0.1, 0.15) is 18.1 Å². The number of nitrogens with zero attached hydrogens (tertiary/aromatic N) is 2. The number of rotatable bonds is 6. The molecule has 0 bridgehead atoms. The Morgan fingerprint density at radius 2 is 1.72 bits per heavy atom. The van der Waals surface area contributed by atoms with Crippen LogP contribution in [0.1, 0.15) is 5.56 Å². The highest BCUT2D eigenvalue weighted by Crippen LogP contribution is 2.18. The first kappa shape index (κ1) is 17.0. The predicted molar refractivity (Wildman–Crippen MR) is 96.6 cm³/mol. The molecule has 128 valence electrons. The molecule has 0 N–H and O–H groups in total. The van der Waals surface area contributed by atoms with E-state index in [1.54, 1.807) is 16.7 Å². The molecular formula is C19H18N2O3S. The van der Waals surface area contributed by atoms with Crippen LogP contribution in [-0.4, -0.2) is 17.1 Å². The summed E-state index contributed by atoms with van der Waals surface area (Å²) >= 11 is 1.41. The molecule has 3 rings (SSSR count). The van der Waals surface area contributed by atoms with Crippen LogP contribution < -0.4 is 14.3 Å². The lowest BCUT2D eigenvalue weighted by Gasteiger charge is -2.08. The van der Waals surface area contributed by atoms with E-state index < -0.39 is 0 Å². The number of benzene rings is 2. The molecule has 0 saturated carbocycles. The Labute approximate surface area is 149 Å². The maximum absolute atomic E-state index is 11.8. The van der Waals surface area contributed by atoms with Crippen molar-refractivity contribution in [2.45, 2.75) is 6.61 Å². The smallest absolute Gasteiger partial charge is 0.286 e. The molecular weight excluding hydrogens is 336 g/mol.